The SMILES string of the molecule is CN/C(=N/O)c1ccccc1. The van der Waals surface area contributed by atoms with E-state index in [-0.39, 0.29) is 0 Å². The van der Waals surface area contributed by atoms with Crippen molar-refractivity contribution in [3.8, 4) is 0 Å². The van der Waals surface area contributed by atoms with E-state index in [4.69, 9.17) is 5.21 Å². The molecular formula is C8H10N2O. The molecule has 11 heavy (non-hydrogen) atoms. The second-order valence-electron chi connectivity index (χ2n) is 2.06. The van der Waals surface area contributed by atoms with Gasteiger partial charge in [0.25, 0.3) is 0 Å². The number of nitrogens with one attached hydrogen (secondary N) is 1. The van der Waals surface area contributed by atoms with E-state index in [0.29, 0.717) is 5.84 Å². The van der Waals surface area contributed by atoms with Crippen molar-refractivity contribution in [2.24, 2.45) is 5.16 Å². The van der Waals surface area contributed by atoms with Crippen molar-refractivity contribution >= 4 is 5.84 Å². The smallest absolute Gasteiger partial charge is 0.172 e. The van der Waals surface area contributed by atoms with Crippen LogP contribution in [0.4, 0.5) is 0 Å². The molecular weight excluding hydrogens is 140 g/mol. The number of amidine groups is 1. The average molecular weight is 150 g/mol. The molecule has 1 aromatic carbocycles. The number of hydrogen-bond acceptors (Lipinski definition) is 2. The highest BCUT2D eigenvalue weighted by Crippen LogP contribution is 1.97. The molecule has 2 N–H and O–H groups in total. The predicted octanol–water partition coefficient (Wildman–Crippen LogP) is 1.04. The molecule has 58 valence electrons. The molecule has 0 unspecified atom stereocenters. The molecule has 3 heteroatoms. The third kappa shape index (κ3) is 1.70. The minimum atomic E-state index is 0.477. The summed E-state index contributed by atoms with van der Waals surface area (Å²) < 4.78 is 0. The second kappa shape index (κ2) is 3.61. The van der Waals surface area contributed by atoms with Gasteiger partial charge in [-0.15, -0.1) is 0 Å². The first kappa shape index (κ1) is 7.60. The third-order valence-electron chi connectivity index (χ3n) is 1.38. The first-order valence-electron chi connectivity index (χ1n) is 3.33. The van der Waals surface area contributed by atoms with Crippen molar-refractivity contribution in [1.29, 1.82) is 0 Å². The van der Waals surface area contributed by atoms with E-state index in [1.165, 1.54) is 0 Å². The number of hydrogen-bond donors (Lipinski definition) is 2. The summed E-state index contributed by atoms with van der Waals surface area (Å²) >= 11 is 0. The van der Waals surface area contributed by atoms with Crippen LogP contribution in [0, 0.1) is 0 Å². The lowest BCUT2D eigenvalue weighted by Crippen LogP contribution is -2.19. The summed E-state index contributed by atoms with van der Waals surface area (Å²) in [5.41, 5.74) is 0.873. The van der Waals surface area contributed by atoms with Gasteiger partial charge in [0.15, 0.2) is 5.84 Å². The van der Waals surface area contributed by atoms with Gasteiger partial charge in [-0.25, -0.2) is 0 Å². The Labute approximate surface area is 65.4 Å². The second-order valence-corrected chi connectivity index (χ2v) is 2.06. The van der Waals surface area contributed by atoms with Crippen LogP contribution in [0.5, 0.6) is 0 Å². The summed E-state index contributed by atoms with van der Waals surface area (Å²) in [5, 5.41) is 14.4. The van der Waals surface area contributed by atoms with Crippen LogP contribution in [0.2, 0.25) is 0 Å². The molecule has 0 fully saturated rings. The largest absolute Gasteiger partial charge is 0.409 e. The van der Waals surface area contributed by atoms with E-state index < -0.39 is 0 Å². The van der Waals surface area contributed by atoms with Crippen LogP contribution >= 0.6 is 0 Å². The fraction of sp³-hybridized carbons (Fsp3) is 0.125. The summed E-state index contributed by atoms with van der Waals surface area (Å²) in [4.78, 5) is 0. The topological polar surface area (TPSA) is 44.6 Å². The Hall–Kier alpha value is -1.51. The molecule has 0 spiro atoms. The van der Waals surface area contributed by atoms with Crippen LogP contribution in [0.15, 0.2) is 35.5 Å². The average Bonchev–Trinajstić information content (AvgIpc) is 2.09. The highest BCUT2D eigenvalue weighted by atomic mass is 16.4. The summed E-state index contributed by atoms with van der Waals surface area (Å²) in [7, 11) is 1.71. The standard InChI is InChI=1S/C8H10N2O/c1-9-8(10-11)7-5-3-2-4-6-7/h2-6,11H,1H3,(H,9,10). The van der Waals surface area contributed by atoms with Gasteiger partial charge in [0.05, 0.1) is 0 Å². The molecule has 0 atom stereocenters. The Bertz CT molecular complexity index is 244. The Kier molecular flexibility index (Phi) is 2.49. The van der Waals surface area contributed by atoms with Crippen LogP contribution < -0.4 is 5.32 Å². The first-order valence-corrected chi connectivity index (χ1v) is 3.33. The molecule has 0 aliphatic carbocycles. The lowest BCUT2D eigenvalue weighted by Gasteiger charge is -2.00. The zero-order valence-electron chi connectivity index (χ0n) is 6.28. The Balaban J connectivity index is 2.92. The molecule has 1 rings (SSSR count). The molecule has 1 aromatic rings. The normalized spacial score (nSPS) is 11.2. The zero-order valence-corrected chi connectivity index (χ0v) is 6.28. The molecule has 0 aliphatic heterocycles. The molecule has 3 nitrogen and oxygen atoms in total. The van der Waals surface area contributed by atoms with Crippen molar-refractivity contribution in [3.63, 3.8) is 0 Å². The summed E-state index contributed by atoms with van der Waals surface area (Å²) in [6.07, 6.45) is 0. The Morgan fingerprint density at radius 2 is 2.00 bits per heavy atom. The van der Waals surface area contributed by atoms with Crippen molar-refractivity contribution in [3.05, 3.63) is 35.9 Å². The van der Waals surface area contributed by atoms with Crippen LogP contribution in [-0.2, 0) is 0 Å². The fourth-order valence-electron chi connectivity index (χ4n) is 0.848. The van der Waals surface area contributed by atoms with Gasteiger partial charge in [-0.05, 0) is 0 Å². The summed E-state index contributed by atoms with van der Waals surface area (Å²) in [6, 6.07) is 9.42. The quantitative estimate of drug-likeness (QED) is 0.272. The molecule has 0 saturated carbocycles. The van der Waals surface area contributed by atoms with Crippen LogP contribution in [0.25, 0.3) is 0 Å². The molecule has 0 heterocycles. The maximum Gasteiger partial charge on any atom is 0.172 e. The van der Waals surface area contributed by atoms with Gasteiger partial charge in [0.2, 0.25) is 0 Å². The Morgan fingerprint density at radius 1 is 1.36 bits per heavy atom. The summed E-state index contributed by atoms with van der Waals surface area (Å²) in [6.45, 7) is 0. The highest BCUT2D eigenvalue weighted by molar-refractivity contribution is 5.98. The minimum absolute atomic E-state index is 0.477. The molecule has 0 aliphatic rings. The Morgan fingerprint density at radius 3 is 2.45 bits per heavy atom. The molecule has 0 bridgehead atoms. The molecule has 0 aromatic heterocycles. The maximum absolute atomic E-state index is 8.50. The van der Waals surface area contributed by atoms with Gasteiger partial charge >= 0.3 is 0 Å². The van der Waals surface area contributed by atoms with Crippen molar-refractivity contribution < 1.29 is 5.21 Å². The van der Waals surface area contributed by atoms with Crippen LogP contribution in [0.3, 0.4) is 0 Å². The predicted molar refractivity (Wildman–Crippen MR) is 43.8 cm³/mol. The van der Waals surface area contributed by atoms with E-state index in [1.54, 1.807) is 7.05 Å². The number of rotatable bonds is 1. The van der Waals surface area contributed by atoms with Gasteiger partial charge in [-0.3, -0.25) is 0 Å². The zero-order chi connectivity index (χ0) is 8.10. The van der Waals surface area contributed by atoms with Crippen LogP contribution in [0.1, 0.15) is 5.56 Å². The van der Waals surface area contributed by atoms with Crippen molar-refractivity contribution in [2.75, 3.05) is 7.05 Å². The van der Waals surface area contributed by atoms with Gasteiger partial charge in [-0.2, -0.15) is 0 Å². The molecule has 0 amide bonds. The van der Waals surface area contributed by atoms with E-state index in [9.17, 15) is 0 Å². The molecule has 0 saturated heterocycles. The van der Waals surface area contributed by atoms with Crippen LogP contribution in [-0.4, -0.2) is 18.1 Å². The van der Waals surface area contributed by atoms with E-state index in [2.05, 4.69) is 10.5 Å². The summed E-state index contributed by atoms with van der Waals surface area (Å²) in [5.74, 6) is 0.477. The minimum Gasteiger partial charge on any atom is -0.409 e. The van der Waals surface area contributed by atoms with Gasteiger partial charge in [0.1, 0.15) is 0 Å². The maximum atomic E-state index is 8.50. The highest BCUT2D eigenvalue weighted by Gasteiger charge is 1.97. The lowest BCUT2D eigenvalue weighted by atomic mass is 10.2. The number of benzene rings is 1. The lowest BCUT2D eigenvalue weighted by molar-refractivity contribution is 0.317. The van der Waals surface area contributed by atoms with E-state index in [1.807, 2.05) is 30.3 Å². The van der Waals surface area contributed by atoms with Gasteiger partial charge < -0.3 is 10.5 Å². The monoisotopic (exact) mass is 150 g/mol. The molecule has 0 radical (unpaired) electrons. The fourth-order valence-corrected chi connectivity index (χ4v) is 0.848. The van der Waals surface area contributed by atoms with E-state index in [0.717, 1.165) is 5.56 Å². The van der Waals surface area contributed by atoms with Gasteiger partial charge in [-0.1, -0.05) is 35.5 Å². The first-order chi connectivity index (χ1) is 5.38. The number of nitrogens with zero attached hydrogens (tertiary/aromatic N) is 1. The van der Waals surface area contributed by atoms with E-state index >= 15 is 0 Å². The van der Waals surface area contributed by atoms with Gasteiger partial charge in [0, 0.05) is 12.6 Å². The third-order valence-corrected chi connectivity index (χ3v) is 1.38. The van der Waals surface area contributed by atoms with Crippen molar-refractivity contribution in [2.45, 2.75) is 0 Å². The number of oxime groups is 1. The van der Waals surface area contributed by atoms with Crippen molar-refractivity contribution in [1.82, 2.24) is 5.32 Å².